The lowest BCUT2D eigenvalue weighted by Gasteiger charge is -2.35. The number of aromatic nitrogens is 1. The molecule has 0 aliphatic carbocycles. The molecule has 3 heterocycles. The van der Waals surface area contributed by atoms with Crippen molar-refractivity contribution in [1.82, 2.24) is 9.88 Å². The summed E-state index contributed by atoms with van der Waals surface area (Å²) in [5.74, 6) is 0.469. The maximum absolute atomic E-state index is 10.4. The zero-order valence-corrected chi connectivity index (χ0v) is 12.2. The zero-order valence-electron chi connectivity index (χ0n) is 11.4. The molecule has 2 aliphatic rings. The molecule has 1 atom stereocenters. The molecular weight excluding hydrogens is 258 g/mol. The van der Waals surface area contributed by atoms with Gasteiger partial charge >= 0.3 is 0 Å². The molecule has 0 amide bonds. The van der Waals surface area contributed by atoms with Crippen LogP contribution in [0.3, 0.4) is 0 Å². The van der Waals surface area contributed by atoms with Gasteiger partial charge in [0.25, 0.3) is 0 Å². The summed E-state index contributed by atoms with van der Waals surface area (Å²) in [5, 5.41) is 13.5. The molecular formula is C14H23N3OS. The Morgan fingerprint density at radius 3 is 2.63 bits per heavy atom. The maximum atomic E-state index is 10.4. The second-order valence-corrected chi connectivity index (χ2v) is 6.59. The Morgan fingerprint density at radius 2 is 2.00 bits per heavy atom. The van der Waals surface area contributed by atoms with Crippen molar-refractivity contribution in [2.45, 2.75) is 31.8 Å². The normalized spacial score (nSPS) is 23.9. The molecule has 2 saturated heterocycles. The lowest BCUT2D eigenvalue weighted by Crippen LogP contribution is -2.42. The number of likely N-dealkylation sites (tertiary alicyclic amines) is 1. The molecule has 3 rings (SSSR count). The molecule has 19 heavy (non-hydrogen) atoms. The van der Waals surface area contributed by atoms with E-state index in [1.54, 1.807) is 11.3 Å². The smallest absolute Gasteiger partial charge is 0.185 e. The lowest BCUT2D eigenvalue weighted by atomic mass is 9.91. The van der Waals surface area contributed by atoms with E-state index in [9.17, 15) is 5.11 Å². The molecule has 0 bridgehead atoms. The molecule has 2 aliphatic heterocycles. The van der Waals surface area contributed by atoms with Crippen molar-refractivity contribution in [1.29, 1.82) is 0 Å². The van der Waals surface area contributed by atoms with Crippen LogP contribution >= 0.6 is 11.3 Å². The number of thiazole rings is 1. The van der Waals surface area contributed by atoms with Gasteiger partial charge in [-0.1, -0.05) is 0 Å². The summed E-state index contributed by atoms with van der Waals surface area (Å²) in [7, 11) is 0. The van der Waals surface area contributed by atoms with E-state index >= 15 is 0 Å². The number of aliphatic hydroxyl groups is 1. The molecule has 4 nitrogen and oxygen atoms in total. The summed E-state index contributed by atoms with van der Waals surface area (Å²) in [6, 6.07) is 0. The van der Waals surface area contributed by atoms with Crippen LogP contribution in [-0.2, 0) is 0 Å². The minimum atomic E-state index is -0.142. The van der Waals surface area contributed by atoms with E-state index in [1.165, 1.54) is 25.9 Å². The van der Waals surface area contributed by atoms with Gasteiger partial charge in [-0.25, -0.2) is 4.98 Å². The number of nitrogens with zero attached hydrogens (tertiary/aromatic N) is 3. The van der Waals surface area contributed by atoms with Crippen molar-refractivity contribution in [2.75, 3.05) is 37.6 Å². The van der Waals surface area contributed by atoms with E-state index in [0.717, 1.165) is 37.6 Å². The maximum Gasteiger partial charge on any atom is 0.185 e. The van der Waals surface area contributed by atoms with E-state index in [4.69, 9.17) is 0 Å². The Hall–Kier alpha value is -0.650. The Labute approximate surface area is 119 Å². The third-order valence-corrected chi connectivity index (χ3v) is 5.25. The average molecular weight is 281 g/mol. The SMILES string of the molecule is OC(CN1CCCC1)C1CCN(c2nccs2)CC1. The summed E-state index contributed by atoms with van der Waals surface area (Å²) >= 11 is 1.71. The first-order valence-corrected chi connectivity index (χ1v) is 8.26. The predicted octanol–water partition coefficient (Wildman–Crippen LogP) is 1.82. The van der Waals surface area contributed by atoms with E-state index in [2.05, 4.69) is 14.8 Å². The zero-order chi connectivity index (χ0) is 13.1. The Bertz CT molecular complexity index is 370. The van der Waals surface area contributed by atoms with Crippen LogP contribution in [0.5, 0.6) is 0 Å². The minimum absolute atomic E-state index is 0.142. The number of aliphatic hydroxyl groups excluding tert-OH is 1. The molecule has 0 radical (unpaired) electrons. The molecule has 0 saturated carbocycles. The molecule has 0 aromatic carbocycles. The summed E-state index contributed by atoms with van der Waals surface area (Å²) < 4.78 is 0. The molecule has 5 heteroatoms. The van der Waals surface area contributed by atoms with Gasteiger partial charge in [0.2, 0.25) is 0 Å². The van der Waals surface area contributed by atoms with Crippen LogP contribution in [0.15, 0.2) is 11.6 Å². The van der Waals surface area contributed by atoms with Crippen molar-refractivity contribution >= 4 is 16.5 Å². The molecule has 1 unspecified atom stereocenters. The fourth-order valence-corrected chi connectivity index (χ4v) is 3.92. The number of piperidine rings is 1. The number of β-amino-alcohol motifs (C(OH)–C–C–N with tert-alkyl or cyclic N) is 1. The lowest BCUT2D eigenvalue weighted by molar-refractivity contribution is 0.0604. The highest BCUT2D eigenvalue weighted by atomic mass is 32.1. The second-order valence-electron chi connectivity index (χ2n) is 5.71. The highest BCUT2D eigenvalue weighted by Gasteiger charge is 2.27. The molecule has 1 N–H and O–H groups in total. The van der Waals surface area contributed by atoms with Crippen LogP contribution in [0.25, 0.3) is 0 Å². The van der Waals surface area contributed by atoms with Crippen LogP contribution in [0.2, 0.25) is 0 Å². The molecule has 106 valence electrons. The van der Waals surface area contributed by atoms with Gasteiger partial charge < -0.3 is 14.9 Å². The molecule has 2 fully saturated rings. The van der Waals surface area contributed by atoms with Gasteiger partial charge in [0.1, 0.15) is 0 Å². The third-order valence-electron chi connectivity index (χ3n) is 4.42. The van der Waals surface area contributed by atoms with Gasteiger partial charge in [-0.05, 0) is 44.7 Å². The van der Waals surface area contributed by atoms with E-state index in [1.807, 2.05) is 11.6 Å². The molecule has 0 spiro atoms. The van der Waals surface area contributed by atoms with Crippen LogP contribution < -0.4 is 4.90 Å². The second kappa shape index (κ2) is 6.20. The summed E-state index contributed by atoms with van der Waals surface area (Å²) in [5.41, 5.74) is 0. The number of anilines is 1. The first-order chi connectivity index (χ1) is 9.33. The Morgan fingerprint density at radius 1 is 1.26 bits per heavy atom. The largest absolute Gasteiger partial charge is 0.392 e. The van der Waals surface area contributed by atoms with Gasteiger partial charge in [0.15, 0.2) is 5.13 Å². The van der Waals surface area contributed by atoms with Crippen molar-refractivity contribution in [2.24, 2.45) is 5.92 Å². The number of hydrogen-bond acceptors (Lipinski definition) is 5. The third kappa shape index (κ3) is 3.27. The van der Waals surface area contributed by atoms with E-state index < -0.39 is 0 Å². The Kier molecular flexibility index (Phi) is 4.35. The van der Waals surface area contributed by atoms with E-state index in [0.29, 0.717) is 5.92 Å². The fourth-order valence-electron chi connectivity index (χ4n) is 3.23. The topological polar surface area (TPSA) is 39.6 Å². The first-order valence-electron chi connectivity index (χ1n) is 7.38. The highest BCUT2D eigenvalue weighted by molar-refractivity contribution is 7.13. The van der Waals surface area contributed by atoms with Crippen molar-refractivity contribution in [3.63, 3.8) is 0 Å². The van der Waals surface area contributed by atoms with Crippen LogP contribution in [0.1, 0.15) is 25.7 Å². The Balaban J connectivity index is 1.46. The minimum Gasteiger partial charge on any atom is -0.392 e. The van der Waals surface area contributed by atoms with Gasteiger partial charge in [-0.15, -0.1) is 11.3 Å². The number of hydrogen-bond donors (Lipinski definition) is 1. The van der Waals surface area contributed by atoms with E-state index in [-0.39, 0.29) is 6.10 Å². The van der Waals surface area contributed by atoms with Crippen molar-refractivity contribution in [3.8, 4) is 0 Å². The monoisotopic (exact) mass is 281 g/mol. The van der Waals surface area contributed by atoms with Gasteiger partial charge in [-0.3, -0.25) is 0 Å². The van der Waals surface area contributed by atoms with Gasteiger partial charge in [0, 0.05) is 31.2 Å². The predicted molar refractivity (Wildman–Crippen MR) is 78.7 cm³/mol. The number of rotatable bonds is 4. The quantitative estimate of drug-likeness (QED) is 0.914. The molecule has 1 aromatic heterocycles. The fraction of sp³-hybridized carbons (Fsp3) is 0.786. The van der Waals surface area contributed by atoms with Crippen LogP contribution in [0, 0.1) is 5.92 Å². The van der Waals surface area contributed by atoms with Crippen molar-refractivity contribution < 1.29 is 5.11 Å². The van der Waals surface area contributed by atoms with Gasteiger partial charge in [0.05, 0.1) is 6.10 Å². The first kappa shape index (κ1) is 13.3. The standard InChI is InChI=1S/C14H23N3OS/c18-13(11-16-6-1-2-7-16)12-3-8-17(9-4-12)14-15-5-10-19-14/h5,10,12-13,18H,1-4,6-9,11H2. The van der Waals surface area contributed by atoms with Gasteiger partial charge in [-0.2, -0.15) is 0 Å². The van der Waals surface area contributed by atoms with Crippen molar-refractivity contribution in [3.05, 3.63) is 11.6 Å². The summed E-state index contributed by atoms with van der Waals surface area (Å²) in [6.45, 7) is 5.30. The molecule has 1 aromatic rings. The summed E-state index contributed by atoms with van der Waals surface area (Å²) in [4.78, 5) is 9.13. The summed E-state index contributed by atoms with van der Waals surface area (Å²) in [6.07, 6.45) is 6.51. The van der Waals surface area contributed by atoms with Crippen LogP contribution in [0.4, 0.5) is 5.13 Å². The highest BCUT2D eigenvalue weighted by Crippen LogP contribution is 2.27. The van der Waals surface area contributed by atoms with Crippen LogP contribution in [-0.4, -0.2) is 53.8 Å². The average Bonchev–Trinajstić information content (AvgIpc) is 3.12.